The number of ether oxygens (including phenoxy) is 1. The van der Waals surface area contributed by atoms with Crippen LogP contribution in [0.25, 0.3) is 0 Å². The Morgan fingerprint density at radius 3 is 2.79 bits per heavy atom. The SMILES string of the molecule is Cn1ccnc1C(NC(=O)c1ccc2c(c1)NC(=O)CO2)c1ccc(Cl)cc1. The van der Waals surface area contributed by atoms with Crippen molar-refractivity contribution in [3.63, 3.8) is 0 Å². The predicted octanol–water partition coefficient (Wildman–Crippen LogP) is 2.92. The Labute approximate surface area is 166 Å². The number of anilines is 1. The van der Waals surface area contributed by atoms with Gasteiger partial charge >= 0.3 is 0 Å². The van der Waals surface area contributed by atoms with Crippen molar-refractivity contribution in [1.82, 2.24) is 14.9 Å². The van der Waals surface area contributed by atoms with Gasteiger partial charge in [0.25, 0.3) is 11.8 Å². The number of fused-ring (bicyclic) bond motifs is 1. The maximum Gasteiger partial charge on any atom is 0.262 e. The number of carbonyl (C=O) groups excluding carboxylic acids is 2. The number of aromatic nitrogens is 2. The average Bonchev–Trinajstić information content (AvgIpc) is 3.11. The molecular formula is C20H17ClN4O3. The molecule has 4 rings (SSSR count). The Bertz CT molecular complexity index is 1050. The summed E-state index contributed by atoms with van der Waals surface area (Å²) in [6, 6.07) is 11.7. The van der Waals surface area contributed by atoms with E-state index in [9.17, 15) is 9.59 Å². The number of benzene rings is 2. The summed E-state index contributed by atoms with van der Waals surface area (Å²) in [4.78, 5) is 28.9. The summed E-state index contributed by atoms with van der Waals surface area (Å²) in [5.41, 5.74) is 1.73. The Balaban J connectivity index is 1.64. The number of rotatable bonds is 4. The molecule has 28 heavy (non-hydrogen) atoms. The molecule has 1 unspecified atom stereocenters. The van der Waals surface area contributed by atoms with E-state index in [2.05, 4.69) is 15.6 Å². The molecule has 7 nitrogen and oxygen atoms in total. The maximum absolute atomic E-state index is 12.9. The molecule has 142 valence electrons. The van der Waals surface area contributed by atoms with Gasteiger partial charge in [0.1, 0.15) is 17.6 Å². The second-order valence-electron chi connectivity index (χ2n) is 6.40. The van der Waals surface area contributed by atoms with Gasteiger partial charge in [-0.1, -0.05) is 23.7 Å². The number of carbonyl (C=O) groups is 2. The number of amides is 2. The third-order valence-electron chi connectivity index (χ3n) is 4.47. The van der Waals surface area contributed by atoms with Gasteiger partial charge in [-0.25, -0.2) is 4.98 Å². The Morgan fingerprint density at radius 2 is 2.07 bits per heavy atom. The third kappa shape index (κ3) is 3.57. The van der Waals surface area contributed by atoms with Gasteiger partial charge in [-0.3, -0.25) is 9.59 Å². The van der Waals surface area contributed by atoms with Crippen LogP contribution in [-0.2, 0) is 11.8 Å². The minimum absolute atomic E-state index is 0.0314. The van der Waals surface area contributed by atoms with Crippen LogP contribution in [0.3, 0.4) is 0 Å². The quantitative estimate of drug-likeness (QED) is 0.710. The molecule has 0 radical (unpaired) electrons. The Hall–Kier alpha value is -3.32. The van der Waals surface area contributed by atoms with E-state index < -0.39 is 6.04 Å². The van der Waals surface area contributed by atoms with Gasteiger partial charge < -0.3 is 19.9 Å². The van der Waals surface area contributed by atoms with Gasteiger partial charge in [0.05, 0.1) is 5.69 Å². The molecular weight excluding hydrogens is 380 g/mol. The van der Waals surface area contributed by atoms with Crippen LogP contribution >= 0.6 is 11.6 Å². The van der Waals surface area contributed by atoms with E-state index >= 15 is 0 Å². The number of nitrogens with one attached hydrogen (secondary N) is 2. The molecule has 2 N–H and O–H groups in total. The van der Waals surface area contributed by atoms with Crippen LogP contribution in [0, 0.1) is 0 Å². The molecule has 1 atom stereocenters. The number of hydrogen-bond donors (Lipinski definition) is 2. The summed E-state index contributed by atoms with van der Waals surface area (Å²) in [6.07, 6.45) is 3.49. The van der Waals surface area contributed by atoms with Gasteiger partial charge in [0, 0.05) is 30.0 Å². The number of halogens is 1. The van der Waals surface area contributed by atoms with Crippen molar-refractivity contribution >= 4 is 29.1 Å². The second-order valence-corrected chi connectivity index (χ2v) is 6.84. The summed E-state index contributed by atoms with van der Waals surface area (Å²) in [6.45, 7) is -0.0314. The van der Waals surface area contributed by atoms with Crippen molar-refractivity contribution < 1.29 is 14.3 Å². The molecule has 2 heterocycles. The molecule has 0 saturated heterocycles. The van der Waals surface area contributed by atoms with Crippen molar-refractivity contribution in [3.8, 4) is 5.75 Å². The van der Waals surface area contributed by atoms with Crippen molar-refractivity contribution in [3.05, 3.63) is 76.8 Å². The van der Waals surface area contributed by atoms with E-state index in [1.165, 1.54) is 0 Å². The molecule has 0 spiro atoms. The Morgan fingerprint density at radius 1 is 1.29 bits per heavy atom. The summed E-state index contributed by atoms with van der Waals surface area (Å²) < 4.78 is 7.18. The lowest BCUT2D eigenvalue weighted by Crippen LogP contribution is -2.31. The fourth-order valence-corrected chi connectivity index (χ4v) is 3.17. The van der Waals surface area contributed by atoms with Gasteiger partial charge in [0.2, 0.25) is 0 Å². The molecule has 0 fully saturated rings. The average molecular weight is 397 g/mol. The minimum atomic E-state index is -0.466. The third-order valence-corrected chi connectivity index (χ3v) is 4.72. The lowest BCUT2D eigenvalue weighted by atomic mass is 10.0. The smallest absolute Gasteiger partial charge is 0.262 e. The Kier molecular flexibility index (Phi) is 4.75. The van der Waals surface area contributed by atoms with Crippen LogP contribution in [0.2, 0.25) is 5.02 Å². The van der Waals surface area contributed by atoms with Crippen molar-refractivity contribution in [2.45, 2.75) is 6.04 Å². The maximum atomic E-state index is 12.9. The number of aryl methyl sites for hydroxylation is 1. The molecule has 2 amide bonds. The van der Waals surface area contributed by atoms with E-state index in [4.69, 9.17) is 16.3 Å². The normalized spacial score (nSPS) is 13.9. The molecule has 1 aromatic heterocycles. The summed E-state index contributed by atoms with van der Waals surface area (Å²) in [5.74, 6) is 0.669. The zero-order chi connectivity index (χ0) is 19.7. The van der Waals surface area contributed by atoms with E-state index in [1.807, 2.05) is 29.9 Å². The van der Waals surface area contributed by atoms with E-state index in [1.54, 1.807) is 36.5 Å². The van der Waals surface area contributed by atoms with Crippen LogP contribution in [0.1, 0.15) is 27.8 Å². The van der Waals surface area contributed by atoms with E-state index in [0.717, 1.165) is 5.56 Å². The zero-order valence-corrected chi connectivity index (χ0v) is 15.7. The first-order valence-electron chi connectivity index (χ1n) is 8.61. The molecule has 1 aliphatic rings. The van der Waals surface area contributed by atoms with E-state index in [-0.39, 0.29) is 18.4 Å². The van der Waals surface area contributed by atoms with Crippen LogP contribution in [0.4, 0.5) is 5.69 Å². The lowest BCUT2D eigenvalue weighted by Gasteiger charge is -2.21. The van der Waals surface area contributed by atoms with Gasteiger partial charge in [-0.05, 0) is 35.9 Å². The first-order chi connectivity index (χ1) is 13.5. The number of hydrogen-bond acceptors (Lipinski definition) is 4. The first-order valence-corrected chi connectivity index (χ1v) is 8.99. The van der Waals surface area contributed by atoms with Crippen molar-refractivity contribution in [2.75, 3.05) is 11.9 Å². The minimum Gasteiger partial charge on any atom is -0.482 e. The highest BCUT2D eigenvalue weighted by atomic mass is 35.5. The monoisotopic (exact) mass is 396 g/mol. The van der Waals surface area contributed by atoms with Gasteiger partial charge in [-0.15, -0.1) is 0 Å². The topological polar surface area (TPSA) is 85.3 Å². The summed E-state index contributed by atoms with van der Waals surface area (Å²) >= 11 is 6.00. The van der Waals surface area contributed by atoms with Gasteiger partial charge in [-0.2, -0.15) is 0 Å². The molecule has 3 aromatic rings. The summed E-state index contributed by atoms with van der Waals surface area (Å²) in [5, 5.41) is 6.33. The number of imidazole rings is 1. The van der Waals surface area contributed by atoms with E-state index in [0.29, 0.717) is 27.8 Å². The van der Waals surface area contributed by atoms with Crippen molar-refractivity contribution in [1.29, 1.82) is 0 Å². The lowest BCUT2D eigenvalue weighted by molar-refractivity contribution is -0.118. The summed E-state index contributed by atoms with van der Waals surface area (Å²) in [7, 11) is 1.86. The molecule has 8 heteroatoms. The predicted molar refractivity (Wildman–Crippen MR) is 105 cm³/mol. The first kappa shape index (κ1) is 18.1. The molecule has 0 bridgehead atoms. The molecule has 0 aliphatic carbocycles. The fraction of sp³-hybridized carbons (Fsp3) is 0.150. The second kappa shape index (κ2) is 7.36. The van der Waals surface area contributed by atoms with Crippen LogP contribution in [0.5, 0.6) is 5.75 Å². The largest absolute Gasteiger partial charge is 0.482 e. The van der Waals surface area contributed by atoms with Crippen LogP contribution in [0.15, 0.2) is 54.9 Å². The van der Waals surface area contributed by atoms with Gasteiger partial charge in [0.15, 0.2) is 6.61 Å². The molecule has 0 saturated carbocycles. The highest BCUT2D eigenvalue weighted by Gasteiger charge is 2.23. The molecule has 2 aromatic carbocycles. The highest BCUT2D eigenvalue weighted by molar-refractivity contribution is 6.30. The van der Waals surface area contributed by atoms with Crippen LogP contribution < -0.4 is 15.4 Å². The molecule has 1 aliphatic heterocycles. The fourth-order valence-electron chi connectivity index (χ4n) is 3.05. The number of nitrogens with zero attached hydrogens (tertiary/aromatic N) is 2. The van der Waals surface area contributed by atoms with Crippen LogP contribution in [-0.4, -0.2) is 28.0 Å². The highest BCUT2D eigenvalue weighted by Crippen LogP contribution is 2.29. The zero-order valence-electron chi connectivity index (χ0n) is 15.0. The standard InChI is InChI=1S/C20H17ClN4O3/c1-25-9-8-22-19(25)18(12-2-5-14(21)6-3-12)24-20(27)13-4-7-16-15(10-13)23-17(26)11-28-16/h2-10,18H,11H2,1H3,(H,23,26)(H,24,27). The van der Waals surface area contributed by atoms with Crippen molar-refractivity contribution in [2.24, 2.45) is 7.05 Å².